The molecule has 0 amide bonds. The van der Waals surface area contributed by atoms with Crippen molar-refractivity contribution in [3.63, 3.8) is 0 Å². The maximum atomic E-state index is 2.41. The number of hydrogen-bond acceptors (Lipinski definition) is 0. The second kappa shape index (κ2) is 7.53. The van der Waals surface area contributed by atoms with Crippen LogP contribution < -0.4 is 0 Å². The van der Waals surface area contributed by atoms with Crippen molar-refractivity contribution in [2.24, 2.45) is 17.8 Å². The average molecular weight is 232 g/mol. The minimum Gasteiger partial charge on any atom is -0.0877 e. The summed E-state index contributed by atoms with van der Waals surface area (Å²) in [6, 6.07) is 0. The lowest BCUT2D eigenvalue weighted by molar-refractivity contribution is 0.412. The Morgan fingerprint density at radius 1 is 0.941 bits per heavy atom. The Bertz CT molecular complexity index is 293. The number of hydrogen-bond donors (Lipinski definition) is 0. The van der Waals surface area contributed by atoms with Gasteiger partial charge in [-0.25, -0.2) is 0 Å². The van der Waals surface area contributed by atoms with Crippen molar-refractivity contribution in [2.75, 3.05) is 0 Å². The molecule has 1 aliphatic carbocycles. The van der Waals surface area contributed by atoms with Gasteiger partial charge in [0.2, 0.25) is 0 Å². The van der Waals surface area contributed by atoms with Gasteiger partial charge >= 0.3 is 0 Å². The molecule has 1 rings (SSSR count). The fourth-order valence-corrected chi connectivity index (χ4v) is 3.04. The van der Waals surface area contributed by atoms with Crippen LogP contribution in [0.15, 0.2) is 36.0 Å². The molecule has 0 bridgehead atoms. The third-order valence-electron chi connectivity index (χ3n) is 3.90. The Balaban J connectivity index is 2.68. The third kappa shape index (κ3) is 4.93. The van der Waals surface area contributed by atoms with E-state index < -0.39 is 0 Å². The van der Waals surface area contributed by atoms with Crippen LogP contribution in [0.1, 0.15) is 53.4 Å². The van der Waals surface area contributed by atoms with Crippen LogP contribution in [-0.4, -0.2) is 0 Å². The first kappa shape index (κ1) is 14.3. The third-order valence-corrected chi connectivity index (χ3v) is 3.90. The van der Waals surface area contributed by atoms with E-state index in [1.165, 1.54) is 31.3 Å². The molecule has 0 spiro atoms. The number of allylic oxidation sites excluding steroid dienone is 6. The summed E-state index contributed by atoms with van der Waals surface area (Å²) < 4.78 is 0. The second-order valence-corrected chi connectivity index (χ2v) is 5.63. The molecular weight excluding hydrogens is 204 g/mol. The van der Waals surface area contributed by atoms with E-state index in [4.69, 9.17) is 0 Å². The van der Waals surface area contributed by atoms with E-state index in [-0.39, 0.29) is 0 Å². The van der Waals surface area contributed by atoms with Crippen molar-refractivity contribution in [2.45, 2.75) is 53.4 Å². The Labute approximate surface area is 108 Å². The van der Waals surface area contributed by atoms with Gasteiger partial charge in [0.1, 0.15) is 0 Å². The zero-order valence-corrected chi connectivity index (χ0v) is 11.9. The minimum absolute atomic E-state index is 0.779. The molecular formula is C17H28. The van der Waals surface area contributed by atoms with E-state index in [1.807, 2.05) is 0 Å². The standard InChI is InChI=1S/C17H28/c1-5-7-8-9-16(6-2)17-11-10-14(3)12-15(4)13-17/h5-9,14-15,17H,10-13H2,1-4H3/b7-5-,9-8-,16-6+. The van der Waals surface area contributed by atoms with Gasteiger partial charge in [-0.1, -0.05) is 50.6 Å². The van der Waals surface area contributed by atoms with Crippen LogP contribution in [-0.2, 0) is 0 Å². The van der Waals surface area contributed by atoms with Gasteiger partial charge in [-0.15, -0.1) is 0 Å². The molecule has 0 nitrogen and oxygen atoms in total. The molecule has 0 radical (unpaired) electrons. The lowest BCUT2D eigenvalue weighted by Crippen LogP contribution is -2.05. The predicted octanol–water partition coefficient (Wildman–Crippen LogP) is 5.53. The first-order valence-corrected chi connectivity index (χ1v) is 7.12. The Morgan fingerprint density at radius 2 is 1.71 bits per heavy atom. The summed E-state index contributed by atoms with van der Waals surface area (Å²) in [6.07, 6.45) is 16.5. The zero-order chi connectivity index (χ0) is 12.7. The fraction of sp³-hybridized carbons (Fsp3) is 0.647. The molecule has 0 aromatic carbocycles. The molecule has 0 N–H and O–H groups in total. The van der Waals surface area contributed by atoms with Crippen LogP contribution in [0.2, 0.25) is 0 Å². The molecule has 3 unspecified atom stereocenters. The van der Waals surface area contributed by atoms with Gasteiger partial charge in [-0.3, -0.25) is 0 Å². The predicted molar refractivity (Wildman–Crippen MR) is 78.0 cm³/mol. The van der Waals surface area contributed by atoms with Crippen molar-refractivity contribution < 1.29 is 0 Å². The molecule has 0 heteroatoms. The summed E-state index contributed by atoms with van der Waals surface area (Å²) in [5.41, 5.74) is 1.53. The normalized spacial score (nSPS) is 32.2. The summed E-state index contributed by atoms with van der Waals surface area (Å²) in [4.78, 5) is 0. The Morgan fingerprint density at radius 3 is 2.35 bits per heavy atom. The van der Waals surface area contributed by atoms with Crippen molar-refractivity contribution in [3.8, 4) is 0 Å². The van der Waals surface area contributed by atoms with Crippen molar-refractivity contribution in [3.05, 3.63) is 36.0 Å². The molecule has 0 heterocycles. The quantitative estimate of drug-likeness (QED) is 0.443. The van der Waals surface area contributed by atoms with Crippen LogP contribution >= 0.6 is 0 Å². The molecule has 3 atom stereocenters. The van der Waals surface area contributed by atoms with Crippen LogP contribution in [0.4, 0.5) is 0 Å². The molecule has 17 heavy (non-hydrogen) atoms. The van der Waals surface area contributed by atoms with Gasteiger partial charge in [-0.2, -0.15) is 0 Å². The van der Waals surface area contributed by atoms with Gasteiger partial charge in [-0.05, 0) is 56.4 Å². The highest BCUT2D eigenvalue weighted by atomic mass is 14.3. The summed E-state index contributed by atoms with van der Waals surface area (Å²) in [7, 11) is 0. The topological polar surface area (TPSA) is 0 Å². The highest BCUT2D eigenvalue weighted by molar-refractivity contribution is 5.24. The van der Waals surface area contributed by atoms with Crippen LogP contribution in [0.5, 0.6) is 0 Å². The molecule has 0 aliphatic heterocycles. The molecule has 0 aromatic rings. The van der Waals surface area contributed by atoms with E-state index in [1.54, 1.807) is 0 Å². The van der Waals surface area contributed by atoms with E-state index in [0.29, 0.717) is 0 Å². The van der Waals surface area contributed by atoms with Crippen LogP contribution in [0, 0.1) is 17.8 Å². The highest BCUT2D eigenvalue weighted by Gasteiger charge is 2.22. The minimum atomic E-state index is 0.779. The molecule has 1 aliphatic rings. The lowest BCUT2D eigenvalue weighted by Gasteiger charge is -2.18. The van der Waals surface area contributed by atoms with Crippen molar-refractivity contribution in [1.29, 1.82) is 0 Å². The average Bonchev–Trinajstić information content (AvgIpc) is 2.46. The molecule has 1 saturated carbocycles. The zero-order valence-electron chi connectivity index (χ0n) is 11.9. The van der Waals surface area contributed by atoms with Gasteiger partial charge in [0.25, 0.3) is 0 Å². The van der Waals surface area contributed by atoms with E-state index in [9.17, 15) is 0 Å². The maximum absolute atomic E-state index is 2.41. The number of rotatable bonds is 3. The van der Waals surface area contributed by atoms with Crippen LogP contribution in [0.25, 0.3) is 0 Å². The summed E-state index contributed by atoms with van der Waals surface area (Å²) in [6.45, 7) is 9.06. The molecule has 96 valence electrons. The van der Waals surface area contributed by atoms with E-state index >= 15 is 0 Å². The SMILES string of the molecule is C\C=C/C=C\C(=C/C)C1CCC(C)CC(C)C1. The maximum Gasteiger partial charge on any atom is -0.0163 e. The van der Waals surface area contributed by atoms with Gasteiger partial charge < -0.3 is 0 Å². The van der Waals surface area contributed by atoms with Crippen molar-refractivity contribution in [1.82, 2.24) is 0 Å². The smallest absolute Gasteiger partial charge is 0.0163 e. The Hall–Kier alpha value is -0.780. The summed E-state index contributed by atoms with van der Waals surface area (Å²) in [5.74, 6) is 2.57. The first-order chi connectivity index (χ1) is 8.17. The lowest BCUT2D eigenvalue weighted by atomic mass is 9.87. The second-order valence-electron chi connectivity index (χ2n) is 5.63. The monoisotopic (exact) mass is 232 g/mol. The summed E-state index contributed by atoms with van der Waals surface area (Å²) >= 11 is 0. The van der Waals surface area contributed by atoms with E-state index in [0.717, 1.165) is 17.8 Å². The molecule has 0 aromatic heterocycles. The molecule has 0 saturated heterocycles. The van der Waals surface area contributed by atoms with Crippen molar-refractivity contribution >= 4 is 0 Å². The van der Waals surface area contributed by atoms with Gasteiger partial charge in [0.15, 0.2) is 0 Å². The Kier molecular flexibility index (Phi) is 6.32. The fourth-order valence-electron chi connectivity index (χ4n) is 3.04. The largest absolute Gasteiger partial charge is 0.0877 e. The highest BCUT2D eigenvalue weighted by Crippen LogP contribution is 2.35. The van der Waals surface area contributed by atoms with Gasteiger partial charge in [0, 0.05) is 0 Å². The molecule has 1 fully saturated rings. The van der Waals surface area contributed by atoms with E-state index in [2.05, 4.69) is 58.1 Å². The van der Waals surface area contributed by atoms with Gasteiger partial charge in [0.05, 0.1) is 0 Å². The van der Waals surface area contributed by atoms with Crippen LogP contribution in [0.3, 0.4) is 0 Å². The summed E-state index contributed by atoms with van der Waals surface area (Å²) in [5, 5.41) is 0. The first-order valence-electron chi connectivity index (χ1n) is 7.12.